The lowest BCUT2D eigenvalue weighted by Gasteiger charge is -2.07. The first-order chi connectivity index (χ1) is 8.65. The topological polar surface area (TPSA) is 64.3 Å². The largest absolute Gasteiger partial charge is 0.481 e. The summed E-state index contributed by atoms with van der Waals surface area (Å²) >= 11 is 1.25. The zero-order chi connectivity index (χ0) is 13.0. The maximum atomic E-state index is 10.6. The lowest BCUT2D eigenvalue weighted by molar-refractivity contribution is -0.133. The van der Waals surface area contributed by atoms with Crippen molar-refractivity contribution < 1.29 is 14.6 Å². The van der Waals surface area contributed by atoms with Crippen LogP contribution in [0, 0.1) is 12.8 Å². The van der Waals surface area contributed by atoms with E-state index in [1.165, 1.54) is 24.6 Å². The van der Waals surface area contributed by atoms with Gasteiger partial charge in [-0.3, -0.25) is 4.79 Å². The number of nitrogens with zero attached hydrogens (tertiary/aromatic N) is 2. The normalized spacial score (nSPS) is 14.9. The van der Waals surface area contributed by atoms with E-state index in [4.69, 9.17) is 9.84 Å². The van der Waals surface area contributed by atoms with E-state index in [0.29, 0.717) is 6.61 Å². The van der Waals surface area contributed by atoms with Crippen LogP contribution in [0.2, 0.25) is 0 Å². The standard InChI is InChI=1S/C12H18N2O3S/c1-9-6-14(4-5-17-7-10-2-3-10)12(13-9)18-8-11(15)16/h6,10H,2-5,7-8H2,1H3,(H,15,16). The van der Waals surface area contributed by atoms with E-state index in [1.54, 1.807) is 0 Å². The molecule has 18 heavy (non-hydrogen) atoms. The predicted molar refractivity (Wildman–Crippen MR) is 68.9 cm³/mol. The monoisotopic (exact) mass is 270 g/mol. The Bertz CT molecular complexity index is 415. The van der Waals surface area contributed by atoms with Gasteiger partial charge in [-0.15, -0.1) is 0 Å². The Kier molecular flexibility index (Phi) is 4.66. The number of carbonyl (C=O) groups is 1. The van der Waals surface area contributed by atoms with Gasteiger partial charge in [0.15, 0.2) is 5.16 Å². The molecule has 100 valence electrons. The van der Waals surface area contributed by atoms with Crippen molar-refractivity contribution in [3.8, 4) is 0 Å². The highest BCUT2D eigenvalue weighted by atomic mass is 32.2. The SMILES string of the molecule is Cc1cn(CCOCC2CC2)c(SCC(=O)O)n1. The molecule has 0 unspecified atom stereocenters. The van der Waals surface area contributed by atoms with Crippen molar-refractivity contribution in [2.45, 2.75) is 31.5 Å². The van der Waals surface area contributed by atoms with E-state index in [9.17, 15) is 4.79 Å². The second-order valence-electron chi connectivity index (χ2n) is 4.56. The highest BCUT2D eigenvalue weighted by molar-refractivity contribution is 7.99. The quantitative estimate of drug-likeness (QED) is 0.576. The summed E-state index contributed by atoms with van der Waals surface area (Å²) in [6, 6.07) is 0. The third-order valence-corrected chi connectivity index (χ3v) is 3.69. The van der Waals surface area contributed by atoms with Gasteiger partial charge in [-0.05, 0) is 25.7 Å². The lowest BCUT2D eigenvalue weighted by Crippen LogP contribution is -2.08. The van der Waals surface area contributed by atoms with Crippen LogP contribution >= 0.6 is 11.8 Å². The number of imidazole rings is 1. The van der Waals surface area contributed by atoms with Crippen LogP contribution in [-0.4, -0.2) is 39.6 Å². The van der Waals surface area contributed by atoms with Gasteiger partial charge in [-0.1, -0.05) is 11.8 Å². The molecule has 1 aromatic rings. The summed E-state index contributed by atoms with van der Waals surface area (Å²) in [6.07, 6.45) is 4.53. The van der Waals surface area contributed by atoms with Crippen molar-refractivity contribution in [3.05, 3.63) is 11.9 Å². The lowest BCUT2D eigenvalue weighted by atomic mass is 10.5. The first-order valence-corrected chi connectivity index (χ1v) is 7.10. The molecule has 1 N–H and O–H groups in total. The Labute approximate surface area is 111 Å². The number of aromatic nitrogens is 2. The highest BCUT2D eigenvalue weighted by Gasteiger charge is 2.21. The summed E-state index contributed by atoms with van der Waals surface area (Å²) in [5.41, 5.74) is 0.907. The number of carboxylic acids is 1. The van der Waals surface area contributed by atoms with Crippen LogP contribution in [0.25, 0.3) is 0 Å². The van der Waals surface area contributed by atoms with Crippen LogP contribution in [0.1, 0.15) is 18.5 Å². The van der Waals surface area contributed by atoms with Gasteiger partial charge in [0.1, 0.15) is 0 Å². The van der Waals surface area contributed by atoms with Crippen molar-refractivity contribution in [3.63, 3.8) is 0 Å². The van der Waals surface area contributed by atoms with Crippen molar-refractivity contribution in [1.82, 2.24) is 9.55 Å². The van der Waals surface area contributed by atoms with Gasteiger partial charge < -0.3 is 14.4 Å². The maximum absolute atomic E-state index is 10.6. The van der Waals surface area contributed by atoms with E-state index in [1.807, 2.05) is 17.7 Å². The molecule has 1 aliphatic rings. The van der Waals surface area contributed by atoms with E-state index < -0.39 is 5.97 Å². The number of hydrogen-bond donors (Lipinski definition) is 1. The third kappa shape index (κ3) is 4.34. The molecule has 0 spiro atoms. The van der Waals surface area contributed by atoms with Crippen LogP contribution in [0.5, 0.6) is 0 Å². The minimum absolute atomic E-state index is 0.0411. The van der Waals surface area contributed by atoms with Gasteiger partial charge in [0.2, 0.25) is 0 Å². The van der Waals surface area contributed by atoms with Gasteiger partial charge in [-0.2, -0.15) is 0 Å². The second-order valence-corrected chi connectivity index (χ2v) is 5.50. The fraction of sp³-hybridized carbons (Fsp3) is 0.667. The minimum Gasteiger partial charge on any atom is -0.481 e. The van der Waals surface area contributed by atoms with Crippen molar-refractivity contribution >= 4 is 17.7 Å². The number of ether oxygens (including phenoxy) is 1. The summed E-state index contributed by atoms with van der Waals surface area (Å²) in [7, 11) is 0. The first-order valence-electron chi connectivity index (χ1n) is 6.11. The number of aryl methyl sites for hydroxylation is 1. The average molecular weight is 270 g/mol. The minimum atomic E-state index is -0.822. The zero-order valence-corrected chi connectivity index (χ0v) is 11.3. The predicted octanol–water partition coefficient (Wildman–Crippen LogP) is 1.79. The molecule has 0 aromatic carbocycles. The van der Waals surface area contributed by atoms with E-state index in [-0.39, 0.29) is 5.75 Å². The third-order valence-electron chi connectivity index (χ3n) is 2.71. The van der Waals surface area contributed by atoms with E-state index >= 15 is 0 Å². The van der Waals surface area contributed by atoms with Crippen LogP contribution in [0.3, 0.4) is 0 Å². The highest BCUT2D eigenvalue weighted by Crippen LogP contribution is 2.28. The molecular weight excluding hydrogens is 252 g/mol. The first kappa shape index (κ1) is 13.4. The van der Waals surface area contributed by atoms with Crippen LogP contribution < -0.4 is 0 Å². The fourth-order valence-corrected chi connectivity index (χ4v) is 2.39. The van der Waals surface area contributed by atoms with Crippen molar-refractivity contribution in [2.75, 3.05) is 19.0 Å². The summed E-state index contributed by atoms with van der Waals surface area (Å²) in [5.74, 6) is -0.00749. The molecule has 1 aromatic heterocycles. The Balaban J connectivity index is 1.79. The Morgan fingerprint density at radius 3 is 3.11 bits per heavy atom. The van der Waals surface area contributed by atoms with Gasteiger partial charge >= 0.3 is 5.97 Å². The molecule has 0 radical (unpaired) electrons. The summed E-state index contributed by atoms with van der Waals surface area (Å²) < 4.78 is 7.55. The number of carboxylic acid groups (broad SMARTS) is 1. The van der Waals surface area contributed by atoms with Gasteiger partial charge in [0, 0.05) is 19.3 Å². The van der Waals surface area contributed by atoms with E-state index in [0.717, 1.165) is 29.9 Å². The van der Waals surface area contributed by atoms with Gasteiger partial charge in [0.25, 0.3) is 0 Å². The Hall–Kier alpha value is -1.01. The van der Waals surface area contributed by atoms with Crippen LogP contribution in [0.4, 0.5) is 0 Å². The van der Waals surface area contributed by atoms with E-state index in [2.05, 4.69) is 4.98 Å². The fourth-order valence-electron chi connectivity index (χ4n) is 1.62. The number of thioether (sulfide) groups is 1. The molecule has 0 atom stereocenters. The van der Waals surface area contributed by atoms with Gasteiger partial charge in [0.05, 0.1) is 18.1 Å². The molecule has 1 saturated carbocycles. The molecule has 0 bridgehead atoms. The molecule has 0 aliphatic heterocycles. The molecule has 0 saturated heterocycles. The van der Waals surface area contributed by atoms with Gasteiger partial charge in [-0.25, -0.2) is 4.98 Å². The van der Waals surface area contributed by atoms with Crippen molar-refractivity contribution in [1.29, 1.82) is 0 Å². The summed E-state index contributed by atoms with van der Waals surface area (Å²) in [6.45, 7) is 4.15. The smallest absolute Gasteiger partial charge is 0.313 e. The summed E-state index contributed by atoms with van der Waals surface area (Å²) in [5, 5.41) is 9.43. The summed E-state index contributed by atoms with van der Waals surface area (Å²) in [4.78, 5) is 14.9. The maximum Gasteiger partial charge on any atom is 0.313 e. The molecule has 0 amide bonds. The number of rotatable bonds is 8. The number of aliphatic carboxylic acids is 1. The molecule has 1 aliphatic carbocycles. The molecule has 2 rings (SSSR count). The number of hydrogen-bond acceptors (Lipinski definition) is 4. The molecule has 6 heteroatoms. The Morgan fingerprint density at radius 1 is 1.67 bits per heavy atom. The molecule has 1 fully saturated rings. The Morgan fingerprint density at radius 2 is 2.44 bits per heavy atom. The van der Waals surface area contributed by atoms with Crippen LogP contribution in [0.15, 0.2) is 11.4 Å². The molecule has 1 heterocycles. The molecular formula is C12H18N2O3S. The van der Waals surface area contributed by atoms with Crippen LogP contribution in [-0.2, 0) is 16.1 Å². The average Bonchev–Trinajstić information content (AvgIpc) is 3.06. The molecule has 5 nitrogen and oxygen atoms in total. The van der Waals surface area contributed by atoms with Crippen molar-refractivity contribution in [2.24, 2.45) is 5.92 Å². The zero-order valence-electron chi connectivity index (χ0n) is 10.5. The second kappa shape index (κ2) is 6.24.